The molecule has 41 heavy (non-hydrogen) atoms. The molecule has 7 aromatic carbocycles. The van der Waals surface area contributed by atoms with Gasteiger partial charge in [-0.25, -0.2) is 4.98 Å². The number of imidazole rings is 1. The molecular formula is C39H24N2. The SMILES string of the molecule is c1ccc2c(c1)cc(-c1ccc(-c3ccc4c(c3)c3ccccc3c3nc5ccccc5n43)cc1)c1ccccc12. The van der Waals surface area contributed by atoms with Crippen LogP contribution in [0.1, 0.15) is 0 Å². The van der Waals surface area contributed by atoms with Crippen molar-refractivity contribution in [3.63, 3.8) is 0 Å². The van der Waals surface area contributed by atoms with Crippen LogP contribution in [0.3, 0.4) is 0 Å². The molecule has 2 nitrogen and oxygen atoms in total. The zero-order valence-corrected chi connectivity index (χ0v) is 22.3. The first-order valence-electron chi connectivity index (χ1n) is 14.1. The van der Waals surface area contributed by atoms with Crippen molar-refractivity contribution in [2.45, 2.75) is 0 Å². The number of pyridine rings is 1. The zero-order chi connectivity index (χ0) is 26.9. The fraction of sp³-hybridized carbons (Fsp3) is 0. The Morgan fingerprint density at radius 3 is 1.83 bits per heavy atom. The predicted molar refractivity (Wildman–Crippen MR) is 174 cm³/mol. The van der Waals surface area contributed by atoms with Gasteiger partial charge in [0.2, 0.25) is 0 Å². The van der Waals surface area contributed by atoms with Crippen molar-refractivity contribution >= 4 is 59.9 Å². The normalized spacial score (nSPS) is 11.9. The third-order valence-corrected chi connectivity index (χ3v) is 8.55. The maximum absolute atomic E-state index is 5.02. The highest BCUT2D eigenvalue weighted by molar-refractivity contribution is 6.15. The predicted octanol–water partition coefficient (Wildman–Crippen LogP) is 10.4. The van der Waals surface area contributed by atoms with E-state index in [4.69, 9.17) is 4.98 Å². The molecule has 2 aromatic heterocycles. The van der Waals surface area contributed by atoms with E-state index in [0.717, 1.165) is 16.7 Å². The first-order chi connectivity index (χ1) is 20.3. The van der Waals surface area contributed by atoms with Gasteiger partial charge < -0.3 is 0 Å². The first kappa shape index (κ1) is 22.4. The quantitative estimate of drug-likeness (QED) is 0.207. The number of rotatable bonds is 2. The minimum Gasteiger partial charge on any atom is -0.292 e. The topological polar surface area (TPSA) is 17.3 Å². The summed E-state index contributed by atoms with van der Waals surface area (Å²) in [4.78, 5) is 5.02. The van der Waals surface area contributed by atoms with Gasteiger partial charge in [-0.1, -0.05) is 115 Å². The summed E-state index contributed by atoms with van der Waals surface area (Å²) < 4.78 is 2.31. The third kappa shape index (κ3) is 3.28. The molecule has 0 aliphatic carbocycles. The molecule has 0 N–H and O–H groups in total. The van der Waals surface area contributed by atoms with E-state index in [1.54, 1.807) is 0 Å². The molecule has 0 aliphatic rings. The molecule has 0 aliphatic heterocycles. The Morgan fingerprint density at radius 1 is 0.390 bits per heavy atom. The van der Waals surface area contributed by atoms with Gasteiger partial charge in [0, 0.05) is 10.8 Å². The zero-order valence-electron chi connectivity index (χ0n) is 22.3. The largest absolute Gasteiger partial charge is 0.292 e. The minimum absolute atomic E-state index is 1.01. The lowest BCUT2D eigenvalue weighted by Crippen LogP contribution is -1.92. The fourth-order valence-electron chi connectivity index (χ4n) is 6.63. The Labute approximate surface area is 236 Å². The number of fused-ring (bicyclic) bond motifs is 11. The standard InChI is InChI=1S/C39H24N2/c1-2-10-29-28(9-1)24-34(31-12-4-3-11-30(29)31)26-19-17-25(18-20-26)27-21-22-37-35(23-27)32-13-5-6-14-33(32)39-40-36-15-7-8-16-38(36)41(37)39/h1-24H. The van der Waals surface area contributed by atoms with Crippen LogP contribution >= 0.6 is 0 Å². The van der Waals surface area contributed by atoms with Gasteiger partial charge in [0.1, 0.15) is 5.65 Å². The van der Waals surface area contributed by atoms with Crippen LogP contribution in [-0.4, -0.2) is 9.38 Å². The summed E-state index contributed by atoms with van der Waals surface area (Å²) in [6, 6.07) is 52.6. The monoisotopic (exact) mass is 520 g/mol. The van der Waals surface area contributed by atoms with E-state index in [9.17, 15) is 0 Å². The van der Waals surface area contributed by atoms with Gasteiger partial charge in [0.15, 0.2) is 0 Å². The molecule has 0 amide bonds. The number of aromatic nitrogens is 2. The molecule has 2 heterocycles. The molecule has 0 saturated heterocycles. The maximum Gasteiger partial charge on any atom is 0.146 e. The lowest BCUT2D eigenvalue weighted by atomic mass is 9.92. The van der Waals surface area contributed by atoms with Gasteiger partial charge in [-0.15, -0.1) is 0 Å². The van der Waals surface area contributed by atoms with Crippen molar-refractivity contribution in [1.29, 1.82) is 0 Å². The lowest BCUT2D eigenvalue weighted by Gasteiger charge is -2.13. The molecule has 0 fully saturated rings. The van der Waals surface area contributed by atoms with Gasteiger partial charge in [0.05, 0.1) is 16.6 Å². The Balaban J connectivity index is 1.23. The van der Waals surface area contributed by atoms with E-state index >= 15 is 0 Å². The minimum atomic E-state index is 1.01. The van der Waals surface area contributed by atoms with E-state index in [0.29, 0.717) is 0 Å². The van der Waals surface area contributed by atoms with Crippen LogP contribution in [0.4, 0.5) is 0 Å². The molecule has 9 rings (SSSR count). The van der Waals surface area contributed by atoms with Gasteiger partial charge >= 0.3 is 0 Å². The average Bonchev–Trinajstić information content (AvgIpc) is 3.45. The van der Waals surface area contributed by atoms with Crippen LogP contribution in [0.25, 0.3) is 82.2 Å². The summed E-state index contributed by atoms with van der Waals surface area (Å²) in [5, 5.41) is 8.78. The van der Waals surface area contributed by atoms with E-state index in [1.807, 2.05) is 0 Å². The van der Waals surface area contributed by atoms with Crippen molar-refractivity contribution < 1.29 is 0 Å². The summed E-state index contributed by atoms with van der Waals surface area (Å²) >= 11 is 0. The number of benzene rings is 7. The number of hydrogen-bond donors (Lipinski definition) is 0. The van der Waals surface area contributed by atoms with Crippen LogP contribution in [0.15, 0.2) is 146 Å². The second-order valence-electron chi connectivity index (χ2n) is 10.8. The maximum atomic E-state index is 5.02. The number of nitrogens with zero attached hydrogens (tertiary/aromatic N) is 2. The van der Waals surface area contributed by atoms with Crippen molar-refractivity contribution in [1.82, 2.24) is 9.38 Å². The first-order valence-corrected chi connectivity index (χ1v) is 14.1. The van der Waals surface area contributed by atoms with Crippen LogP contribution in [0.2, 0.25) is 0 Å². The van der Waals surface area contributed by atoms with Crippen LogP contribution < -0.4 is 0 Å². The summed E-state index contributed by atoms with van der Waals surface area (Å²) in [6.07, 6.45) is 0. The van der Waals surface area contributed by atoms with Crippen LogP contribution in [-0.2, 0) is 0 Å². The molecule has 0 atom stereocenters. The summed E-state index contributed by atoms with van der Waals surface area (Å²) in [5.74, 6) is 0. The van der Waals surface area contributed by atoms with Crippen molar-refractivity contribution in [3.05, 3.63) is 146 Å². The molecular weight excluding hydrogens is 496 g/mol. The van der Waals surface area contributed by atoms with Gasteiger partial charge in [-0.3, -0.25) is 4.40 Å². The van der Waals surface area contributed by atoms with Crippen LogP contribution in [0.5, 0.6) is 0 Å². The summed E-state index contributed by atoms with van der Waals surface area (Å²) in [5.41, 5.74) is 9.26. The van der Waals surface area contributed by atoms with E-state index in [1.165, 1.54) is 65.5 Å². The third-order valence-electron chi connectivity index (χ3n) is 8.55. The molecule has 9 aromatic rings. The fourth-order valence-corrected chi connectivity index (χ4v) is 6.63. The number of para-hydroxylation sites is 2. The Bertz CT molecular complexity index is 2460. The van der Waals surface area contributed by atoms with Crippen molar-refractivity contribution in [2.75, 3.05) is 0 Å². The van der Waals surface area contributed by atoms with Crippen molar-refractivity contribution in [2.24, 2.45) is 0 Å². The highest BCUT2D eigenvalue weighted by Gasteiger charge is 2.14. The van der Waals surface area contributed by atoms with E-state index < -0.39 is 0 Å². The van der Waals surface area contributed by atoms with Crippen molar-refractivity contribution in [3.8, 4) is 22.3 Å². The molecule has 0 spiro atoms. The average molecular weight is 521 g/mol. The highest BCUT2D eigenvalue weighted by atomic mass is 15.0. The Morgan fingerprint density at radius 2 is 1.00 bits per heavy atom. The Hall–Kier alpha value is -5.47. The van der Waals surface area contributed by atoms with Gasteiger partial charge in [-0.05, 0) is 79.5 Å². The van der Waals surface area contributed by atoms with Gasteiger partial charge in [0.25, 0.3) is 0 Å². The molecule has 0 unspecified atom stereocenters. The van der Waals surface area contributed by atoms with E-state index in [-0.39, 0.29) is 0 Å². The van der Waals surface area contributed by atoms with Gasteiger partial charge in [-0.2, -0.15) is 0 Å². The molecule has 0 saturated carbocycles. The molecule has 190 valence electrons. The highest BCUT2D eigenvalue weighted by Crippen LogP contribution is 2.37. The Kier molecular flexibility index (Phi) is 4.64. The summed E-state index contributed by atoms with van der Waals surface area (Å²) in [7, 11) is 0. The van der Waals surface area contributed by atoms with E-state index in [2.05, 4.69) is 150 Å². The lowest BCUT2D eigenvalue weighted by molar-refractivity contribution is 1.31. The smallest absolute Gasteiger partial charge is 0.146 e. The van der Waals surface area contributed by atoms with Crippen LogP contribution in [0, 0.1) is 0 Å². The molecule has 0 radical (unpaired) electrons. The summed E-state index contributed by atoms with van der Waals surface area (Å²) in [6.45, 7) is 0. The number of hydrogen-bond acceptors (Lipinski definition) is 1. The molecule has 0 bridgehead atoms. The molecule has 2 heteroatoms. The second-order valence-corrected chi connectivity index (χ2v) is 10.8. The second kappa shape index (κ2) is 8.51.